The second-order valence-corrected chi connectivity index (χ2v) is 7.30. The van der Waals surface area contributed by atoms with Crippen LogP contribution in [0.2, 0.25) is 0 Å². The zero-order chi connectivity index (χ0) is 16.4. The van der Waals surface area contributed by atoms with Crippen molar-refractivity contribution in [3.8, 4) is 5.75 Å². The highest BCUT2D eigenvalue weighted by Gasteiger charge is 2.40. The number of aliphatic hydroxyl groups is 1. The van der Waals surface area contributed by atoms with Crippen molar-refractivity contribution in [1.82, 2.24) is 5.32 Å². The molecule has 23 heavy (non-hydrogen) atoms. The molecule has 0 aromatic heterocycles. The molecule has 1 aliphatic carbocycles. The fraction of sp³-hybridized carbons (Fsp3) is 0.667. The van der Waals surface area contributed by atoms with Crippen LogP contribution in [-0.2, 0) is 0 Å². The van der Waals surface area contributed by atoms with Crippen LogP contribution in [-0.4, -0.2) is 42.5 Å². The molecule has 128 valence electrons. The summed E-state index contributed by atoms with van der Waals surface area (Å²) in [5.74, 6) is -0.156. The summed E-state index contributed by atoms with van der Waals surface area (Å²) in [5, 5.41) is 12.6. The predicted octanol–water partition coefficient (Wildman–Crippen LogP) is 2.70. The molecule has 1 heterocycles. The Bertz CT molecular complexity index is 550. The number of hydrogen-bond acceptors (Lipinski definition) is 4. The molecule has 2 aliphatic rings. The van der Waals surface area contributed by atoms with Crippen LogP contribution in [0, 0.1) is 5.82 Å². The number of benzene rings is 1. The van der Waals surface area contributed by atoms with Crippen molar-refractivity contribution in [2.75, 3.05) is 24.7 Å². The Morgan fingerprint density at radius 1 is 1.35 bits per heavy atom. The smallest absolute Gasteiger partial charge is 0.167 e. The molecule has 2 fully saturated rings. The first-order valence-electron chi connectivity index (χ1n) is 8.58. The third-order valence-corrected chi connectivity index (χ3v) is 4.87. The molecule has 1 aliphatic heterocycles. The fourth-order valence-corrected chi connectivity index (χ4v) is 3.97. The average Bonchev–Trinajstić information content (AvgIpc) is 2.52. The monoisotopic (exact) mass is 322 g/mol. The maximum Gasteiger partial charge on any atom is 0.167 e. The van der Waals surface area contributed by atoms with Gasteiger partial charge >= 0.3 is 0 Å². The van der Waals surface area contributed by atoms with Crippen LogP contribution in [0.3, 0.4) is 0 Å². The number of hydrogen-bond donors (Lipinski definition) is 2. The van der Waals surface area contributed by atoms with Gasteiger partial charge < -0.3 is 20.1 Å². The Morgan fingerprint density at radius 3 is 2.87 bits per heavy atom. The third kappa shape index (κ3) is 3.61. The number of nitrogens with zero attached hydrogens (tertiary/aromatic N) is 1. The van der Waals surface area contributed by atoms with Crippen LogP contribution in [0.1, 0.15) is 39.5 Å². The summed E-state index contributed by atoms with van der Waals surface area (Å²) in [6, 6.07) is 6.08. The van der Waals surface area contributed by atoms with E-state index >= 15 is 0 Å². The zero-order valence-corrected chi connectivity index (χ0v) is 14.0. The summed E-state index contributed by atoms with van der Waals surface area (Å²) in [6.07, 6.45) is 4.84. The number of fused-ring (bicyclic) bond motifs is 1. The summed E-state index contributed by atoms with van der Waals surface area (Å²) in [7, 11) is 0. The standard InChI is InChI=1S/C18H27FN2O2/c1-18(2)12-21(16-6-4-3-5-15(16)20-18)13-7-8-17(14(19)11-13)23-10-9-22/h7-8,11,15-16,20,22H,3-6,9-10,12H2,1-2H3/t15-,16+/m1/s1. The lowest BCUT2D eigenvalue weighted by atomic mass is 9.83. The van der Waals surface area contributed by atoms with E-state index in [0.717, 1.165) is 18.7 Å². The number of nitrogens with one attached hydrogen (secondary N) is 1. The number of piperazine rings is 1. The van der Waals surface area contributed by atoms with Crippen LogP contribution in [0.15, 0.2) is 18.2 Å². The van der Waals surface area contributed by atoms with Gasteiger partial charge in [0.1, 0.15) is 6.61 Å². The fourth-order valence-electron chi connectivity index (χ4n) is 3.97. The molecule has 0 bridgehead atoms. The van der Waals surface area contributed by atoms with Gasteiger partial charge in [0, 0.05) is 35.9 Å². The van der Waals surface area contributed by atoms with Crippen molar-refractivity contribution in [3.05, 3.63) is 24.0 Å². The molecule has 5 heteroatoms. The zero-order valence-electron chi connectivity index (χ0n) is 14.0. The number of aliphatic hydroxyl groups excluding tert-OH is 1. The Labute approximate surface area is 137 Å². The summed E-state index contributed by atoms with van der Waals surface area (Å²) in [6.45, 7) is 5.28. The lowest BCUT2D eigenvalue weighted by molar-refractivity contribution is 0.195. The summed E-state index contributed by atoms with van der Waals surface area (Å²) >= 11 is 0. The Morgan fingerprint density at radius 2 is 2.13 bits per heavy atom. The van der Waals surface area contributed by atoms with Crippen LogP contribution in [0.5, 0.6) is 5.75 Å². The first kappa shape index (κ1) is 16.5. The quantitative estimate of drug-likeness (QED) is 0.895. The minimum absolute atomic E-state index is 0.0149. The van der Waals surface area contributed by atoms with Gasteiger partial charge in [-0.3, -0.25) is 0 Å². The van der Waals surface area contributed by atoms with Crippen LogP contribution < -0.4 is 15.0 Å². The van der Waals surface area contributed by atoms with E-state index < -0.39 is 0 Å². The van der Waals surface area contributed by atoms with Crippen molar-refractivity contribution in [1.29, 1.82) is 0 Å². The van der Waals surface area contributed by atoms with E-state index in [9.17, 15) is 4.39 Å². The van der Waals surface area contributed by atoms with E-state index in [1.165, 1.54) is 19.3 Å². The number of halogens is 1. The highest BCUT2D eigenvalue weighted by Crippen LogP contribution is 2.35. The molecule has 4 nitrogen and oxygen atoms in total. The number of rotatable bonds is 4. The first-order chi connectivity index (χ1) is 11.0. The van der Waals surface area contributed by atoms with Crippen molar-refractivity contribution < 1.29 is 14.2 Å². The predicted molar refractivity (Wildman–Crippen MR) is 89.6 cm³/mol. The van der Waals surface area contributed by atoms with Crippen molar-refractivity contribution in [2.24, 2.45) is 0 Å². The van der Waals surface area contributed by atoms with Gasteiger partial charge in [-0.15, -0.1) is 0 Å². The van der Waals surface area contributed by atoms with Gasteiger partial charge in [-0.1, -0.05) is 12.8 Å². The molecule has 0 radical (unpaired) electrons. The van der Waals surface area contributed by atoms with Crippen molar-refractivity contribution in [3.63, 3.8) is 0 Å². The Hall–Kier alpha value is -1.33. The maximum atomic E-state index is 14.3. The largest absolute Gasteiger partial charge is 0.488 e. The van der Waals surface area contributed by atoms with Gasteiger partial charge in [-0.25, -0.2) is 4.39 Å². The molecule has 2 N–H and O–H groups in total. The molecule has 1 aromatic rings. The van der Waals surface area contributed by atoms with E-state index in [2.05, 4.69) is 24.1 Å². The van der Waals surface area contributed by atoms with Crippen LogP contribution in [0.4, 0.5) is 10.1 Å². The molecule has 1 aromatic carbocycles. The molecular formula is C18H27FN2O2. The van der Waals surface area contributed by atoms with Crippen molar-refractivity contribution in [2.45, 2.75) is 57.2 Å². The van der Waals surface area contributed by atoms with E-state index in [0.29, 0.717) is 12.1 Å². The Kier molecular flexibility index (Phi) is 4.78. The molecule has 0 unspecified atom stereocenters. The van der Waals surface area contributed by atoms with Crippen LogP contribution >= 0.6 is 0 Å². The van der Waals surface area contributed by atoms with E-state index in [4.69, 9.17) is 9.84 Å². The highest BCUT2D eigenvalue weighted by molar-refractivity contribution is 5.52. The van der Waals surface area contributed by atoms with Gasteiger partial charge in [-0.05, 0) is 38.8 Å². The minimum Gasteiger partial charge on any atom is -0.488 e. The summed E-state index contributed by atoms with van der Waals surface area (Å²) in [5.41, 5.74) is 0.937. The molecule has 0 spiro atoms. The van der Waals surface area contributed by atoms with Gasteiger partial charge in [0.2, 0.25) is 0 Å². The molecule has 0 amide bonds. The SMILES string of the molecule is CC1(C)CN(c2ccc(OCCO)c(F)c2)[C@H]2CCCC[C@H]2N1. The van der Waals surface area contributed by atoms with E-state index in [1.807, 2.05) is 6.07 Å². The molecular weight excluding hydrogens is 295 g/mol. The average molecular weight is 322 g/mol. The summed E-state index contributed by atoms with van der Waals surface area (Å²) < 4.78 is 19.5. The van der Waals surface area contributed by atoms with Gasteiger partial charge in [-0.2, -0.15) is 0 Å². The minimum atomic E-state index is -0.361. The van der Waals surface area contributed by atoms with Gasteiger partial charge in [0.25, 0.3) is 0 Å². The Balaban J connectivity index is 1.84. The van der Waals surface area contributed by atoms with E-state index in [1.54, 1.807) is 12.1 Å². The number of anilines is 1. The van der Waals surface area contributed by atoms with Crippen LogP contribution in [0.25, 0.3) is 0 Å². The topological polar surface area (TPSA) is 44.7 Å². The molecule has 1 saturated heterocycles. The third-order valence-electron chi connectivity index (χ3n) is 4.87. The lowest BCUT2D eigenvalue weighted by Gasteiger charge is -2.52. The highest BCUT2D eigenvalue weighted by atomic mass is 19.1. The molecule has 2 atom stereocenters. The van der Waals surface area contributed by atoms with E-state index in [-0.39, 0.29) is 30.3 Å². The number of ether oxygens (including phenoxy) is 1. The lowest BCUT2D eigenvalue weighted by Crippen LogP contribution is -2.67. The molecule has 3 rings (SSSR count). The van der Waals surface area contributed by atoms with Gasteiger partial charge in [0.05, 0.1) is 6.61 Å². The second-order valence-electron chi connectivity index (χ2n) is 7.30. The van der Waals surface area contributed by atoms with Gasteiger partial charge in [0.15, 0.2) is 11.6 Å². The normalized spacial score (nSPS) is 26.7. The molecule has 1 saturated carbocycles. The van der Waals surface area contributed by atoms with Crippen molar-refractivity contribution >= 4 is 5.69 Å². The maximum absolute atomic E-state index is 14.3. The second kappa shape index (κ2) is 6.65. The summed E-state index contributed by atoms with van der Waals surface area (Å²) in [4.78, 5) is 2.36. The first-order valence-corrected chi connectivity index (χ1v) is 8.58.